The van der Waals surface area contributed by atoms with Gasteiger partial charge in [-0.05, 0) is 61.6 Å². The number of benzene rings is 1. The van der Waals surface area contributed by atoms with Crippen molar-refractivity contribution in [3.8, 4) is 0 Å². The van der Waals surface area contributed by atoms with Crippen molar-refractivity contribution in [2.45, 2.75) is 106 Å². The Labute approximate surface area is 292 Å². The maximum absolute atomic E-state index is 13.9. The van der Waals surface area contributed by atoms with Crippen LogP contribution in [0, 0.1) is 5.92 Å². The lowest BCUT2D eigenvalue weighted by atomic mass is 9.99. The zero-order valence-electron chi connectivity index (χ0n) is 27.7. The third-order valence-electron chi connectivity index (χ3n) is 10.1. The average molecular weight is 740 g/mol. The van der Waals surface area contributed by atoms with Crippen LogP contribution in [0.2, 0.25) is 0 Å². The second-order valence-electron chi connectivity index (χ2n) is 13.8. The molecule has 18 heteroatoms. The fourth-order valence-electron chi connectivity index (χ4n) is 7.04. The van der Waals surface area contributed by atoms with Crippen LogP contribution in [-0.4, -0.2) is 96.4 Å². The summed E-state index contributed by atoms with van der Waals surface area (Å²) in [5, 5.41) is 3.78. The van der Waals surface area contributed by atoms with Gasteiger partial charge in [0.2, 0.25) is 21.8 Å². The van der Waals surface area contributed by atoms with E-state index in [1.54, 1.807) is 0 Å². The summed E-state index contributed by atoms with van der Waals surface area (Å²) in [5.41, 5.74) is 1.21. The summed E-state index contributed by atoms with van der Waals surface area (Å²) in [7, 11) is -4.01. The van der Waals surface area contributed by atoms with Gasteiger partial charge in [0.1, 0.15) is 23.7 Å². The minimum Gasteiger partial charge on any atom is -0.450 e. The fourth-order valence-corrected chi connectivity index (χ4v) is 8.40. The predicted molar refractivity (Wildman–Crippen MR) is 172 cm³/mol. The van der Waals surface area contributed by atoms with Gasteiger partial charge in [0.25, 0.3) is 5.91 Å². The maximum Gasteiger partial charge on any atom is 0.410 e. The number of sulfonamides is 1. The Morgan fingerprint density at radius 3 is 2.53 bits per heavy atom. The van der Waals surface area contributed by atoms with Crippen molar-refractivity contribution in [1.82, 2.24) is 25.2 Å². The van der Waals surface area contributed by atoms with Gasteiger partial charge < -0.3 is 25.0 Å². The fraction of sp³-hybridized carbons (Fsp3) is 0.606. The third kappa shape index (κ3) is 8.10. The number of rotatable bonds is 7. The third-order valence-corrected chi connectivity index (χ3v) is 11.9. The summed E-state index contributed by atoms with van der Waals surface area (Å²) in [6, 6.07) is 2.01. The standard InChI is InChI=1S/C33H40F3N5O9S/c1-2-21-14-32(21,29(44)39-51(47,48)23-10-11-23)38-27(42)26-13-22-17-41(26)28(43)25(15-33(34,35)36)37-30(45)49-12-5-3-4-7-19-8-6-9-20-16-40(18-24(19)20)31(46)50-22/h2,6,8-9,21-23,25-26H,1,3-5,7,10-18H2,(H,37,45)(H,38,42)(H,39,44)/t21-,22+,25-,26-,32+/m0/s1. The molecule has 0 spiro atoms. The predicted octanol–water partition coefficient (Wildman–Crippen LogP) is 2.55. The molecule has 3 fully saturated rings. The van der Waals surface area contributed by atoms with Crippen LogP contribution in [0.15, 0.2) is 30.9 Å². The molecule has 14 nitrogen and oxygen atoms in total. The number of fused-ring (bicyclic) bond motifs is 3. The lowest BCUT2D eigenvalue weighted by Gasteiger charge is -2.30. The molecule has 1 aromatic carbocycles. The lowest BCUT2D eigenvalue weighted by Crippen LogP contribution is -2.58. The summed E-state index contributed by atoms with van der Waals surface area (Å²) >= 11 is 0. The normalized spacial score (nSPS) is 28.7. The second kappa shape index (κ2) is 14.0. The van der Waals surface area contributed by atoms with E-state index in [2.05, 4.69) is 11.9 Å². The summed E-state index contributed by atoms with van der Waals surface area (Å²) in [4.78, 5) is 69.3. The number of amides is 5. The van der Waals surface area contributed by atoms with Crippen LogP contribution in [-0.2, 0) is 53.4 Å². The molecule has 3 aliphatic heterocycles. The molecule has 5 aliphatic rings. The number of hydrogen-bond acceptors (Lipinski definition) is 9. The molecule has 0 aromatic heterocycles. The Morgan fingerprint density at radius 2 is 1.84 bits per heavy atom. The molecule has 278 valence electrons. The number of carbonyl (C=O) groups excluding carboxylic acids is 5. The molecule has 1 aromatic rings. The first-order chi connectivity index (χ1) is 24.1. The van der Waals surface area contributed by atoms with Crippen LogP contribution in [0.25, 0.3) is 0 Å². The van der Waals surface area contributed by atoms with E-state index in [9.17, 15) is 45.6 Å². The Hall–Kier alpha value is -4.35. The van der Waals surface area contributed by atoms with Crippen molar-refractivity contribution >= 4 is 39.9 Å². The molecular formula is C33H40F3N5O9S. The SMILES string of the molecule is C=C[C@H]1C[C@]1(NC(=O)[C@@H]1C[C@@H]2CN1C(=O)[C@H](CC(F)(F)F)NC(=O)OCCCCCc1cccc3c1CN(C3)C(=O)O2)C(=O)NS(=O)(=O)C1CC1. The van der Waals surface area contributed by atoms with Gasteiger partial charge in [-0.3, -0.25) is 24.0 Å². The van der Waals surface area contributed by atoms with Gasteiger partial charge in [0.15, 0.2) is 0 Å². The Bertz CT molecular complexity index is 1720. The van der Waals surface area contributed by atoms with Crippen molar-refractivity contribution in [3.63, 3.8) is 0 Å². The van der Waals surface area contributed by atoms with Crippen LogP contribution in [0.5, 0.6) is 0 Å². The molecule has 1 saturated heterocycles. The quantitative estimate of drug-likeness (QED) is 0.355. The van der Waals surface area contributed by atoms with E-state index < -0.39 is 94.0 Å². The lowest BCUT2D eigenvalue weighted by molar-refractivity contribution is -0.155. The first-order valence-corrected chi connectivity index (χ1v) is 18.5. The number of alkyl halides is 3. The average Bonchev–Trinajstić information content (AvgIpc) is 3.95. The van der Waals surface area contributed by atoms with Crippen molar-refractivity contribution in [2.75, 3.05) is 13.2 Å². The Morgan fingerprint density at radius 1 is 1.10 bits per heavy atom. The molecule has 2 aliphatic carbocycles. The largest absolute Gasteiger partial charge is 0.450 e. The van der Waals surface area contributed by atoms with Crippen molar-refractivity contribution in [3.05, 3.63) is 47.5 Å². The highest BCUT2D eigenvalue weighted by molar-refractivity contribution is 7.91. The molecule has 4 bridgehead atoms. The van der Waals surface area contributed by atoms with Gasteiger partial charge in [0.05, 0.1) is 24.8 Å². The van der Waals surface area contributed by atoms with E-state index >= 15 is 0 Å². The van der Waals surface area contributed by atoms with Crippen LogP contribution < -0.4 is 15.4 Å². The van der Waals surface area contributed by atoms with E-state index in [0.717, 1.165) is 28.0 Å². The van der Waals surface area contributed by atoms with Crippen LogP contribution >= 0.6 is 0 Å². The number of halogens is 3. The van der Waals surface area contributed by atoms with E-state index in [1.807, 2.05) is 28.2 Å². The molecule has 2 saturated carbocycles. The van der Waals surface area contributed by atoms with E-state index in [4.69, 9.17) is 9.47 Å². The molecule has 3 N–H and O–H groups in total. The summed E-state index contributed by atoms with van der Waals surface area (Å²) in [6.07, 6.45) is -5.66. The first kappa shape index (κ1) is 36.4. The number of ether oxygens (including phenoxy) is 2. The maximum atomic E-state index is 13.9. The van der Waals surface area contributed by atoms with Crippen molar-refractivity contribution in [1.29, 1.82) is 0 Å². The molecule has 3 heterocycles. The highest BCUT2D eigenvalue weighted by Gasteiger charge is 2.62. The van der Waals surface area contributed by atoms with Crippen LogP contribution in [0.4, 0.5) is 22.8 Å². The number of nitrogens with one attached hydrogen (secondary N) is 3. The van der Waals surface area contributed by atoms with Gasteiger partial charge in [-0.25, -0.2) is 18.0 Å². The van der Waals surface area contributed by atoms with Crippen molar-refractivity contribution < 1.29 is 55.0 Å². The van der Waals surface area contributed by atoms with Gasteiger partial charge in [-0.15, -0.1) is 6.58 Å². The van der Waals surface area contributed by atoms with Gasteiger partial charge in [0, 0.05) is 25.4 Å². The molecule has 51 heavy (non-hydrogen) atoms. The van der Waals surface area contributed by atoms with E-state index in [0.29, 0.717) is 32.1 Å². The Kier molecular flexibility index (Phi) is 10.00. The summed E-state index contributed by atoms with van der Waals surface area (Å²) < 4.78 is 79.2. The zero-order chi connectivity index (χ0) is 36.7. The number of alkyl carbamates (subject to hydrolysis) is 1. The van der Waals surface area contributed by atoms with Gasteiger partial charge in [-0.2, -0.15) is 13.2 Å². The molecule has 0 radical (unpaired) electrons. The first-order valence-electron chi connectivity index (χ1n) is 17.0. The summed E-state index contributed by atoms with van der Waals surface area (Å²) in [5.74, 6) is -3.96. The highest BCUT2D eigenvalue weighted by Crippen LogP contribution is 2.45. The number of aryl methyl sites for hydroxylation is 1. The molecule has 0 unspecified atom stereocenters. The van der Waals surface area contributed by atoms with Crippen LogP contribution in [0.3, 0.4) is 0 Å². The van der Waals surface area contributed by atoms with Gasteiger partial charge in [-0.1, -0.05) is 24.3 Å². The zero-order valence-corrected chi connectivity index (χ0v) is 28.5. The Balaban J connectivity index is 1.27. The molecule has 5 atom stereocenters. The second-order valence-corrected chi connectivity index (χ2v) is 15.8. The summed E-state index contributed by atoms with van der Waals surface area (Å²) in [6.45, 7) is 3.54. The smallest absolute Gasteiger partial charge is 0.410 e. The monoisotopic (exact) mass is 739 g/mol. The molecule has 5 amide bonds. The van der Waals surface area contributed by atoms with Crippen LogP contribution in [0.1, 0.15) is 68.1 Å². The number of nitrogens with zero attached hydrogens (tertiary/aromatic N) is 2. The van der Waals surface area contributed by atoms with Gasteiger partial charge >= 0.3 is 18.4 Å². The molecular weight excluding hydrogens is 699 g/mol. The van der Waals surface area contributed by atoms with E-state index in [1.165, 1.54) is 11.0 Å². The number of carbonyl (C=O) groups is 5. The van der Waals surface area contributed by atoms with Crippen molar-refractivity contribution in [2.24, 2.45) is 5.92 Å². The van der Waals surface area contributed by atoms with E-state index in [-0.39, 0.29) is 32.5 Å². The number of cyclic esters (lactones) is 1. The topological polar surface area (TPSA) is 181 Å². The minimum absolute atomic E-state index is 0.0189. The number of hydrogen-bond donors (Lipinski definition) is 3. The minimum atomic E-state index is -4.92. The molecule has 6 rings (SSSR count). The highest BCUT2D eigenvalue weighted by atomic mass is 32.2.